The van der Waals surface area contributed by atoms with Crippen LogP contribution in [0.5, 0.6) is 0 Å². The van der Waals surface area contributed by atoms with Gasteiger partial charge in [0.2, 0.25) is 0 Å². The van der Waals surface area contributed by atoms with Gasteiger partial charge in [0.05, 0.1) is 17.6 Å². The van der Waals surface area contributed by atoms with Gasteiger partial charge in [-0.1, -0.05) is 18.9 Å². The number of nitrogens with zero attached hydrogens (tertiary/aromatic N) is 2. The maximum atomic E-state index is 10.8. The number of nitro groups is 1. The van der Waals surface area contributed by atoms with Gasteiger partial charge in [-0.2, -0.15) is 0 Å². The molecule has 1 aromatic rings. The highest BCUT2D eigenvalue weighted by molar-refractivity contribution is 5.54. The van der Waals surface area contributed by atoms with Crippen LogP contribution in [0.4, 0.5) is 11.4 Å². The zero-order valence-electron chi connectivity index (χ0n) is 10.3. The number of hydrogen-bond donors (Lipinski definition) is 1. The summed E-state index contributed by atoms with van der Waals surface area (Å²) < 4.78 is 0. The van der Waals surface area contributed by atoms with Gasteiger partial charge in [0.15, 0.2) is 0 Å². The van der Waals surface area contributed by atoms with Gasteiger partial charge in [0, 0.05) is 24.4 Å². The molecule has 1 unspecified atom stereocenters. The van der Waals surface area contributed by atoms with Gasteiger partial charge in [0.25, 0.3) is 5.69 Å². The summed E-state index contributed by atoms with van der Waals surface area (Å²) in [4.78, 5) is 12.5. The van der Waals surface area contributed by atoms with Crippen LogP contribution in [0.3, 0.4) is 0 Å². The largest absolute Gasteiger partial charge is 0.394 e. The Kier molecular flexibility index (Phi) is 4.15. The van der Waals surface area contributed by atoms with Crippen molar-refractivity contribution < 1.29 is 10.0 Å². The molecule has 1 aliphatic heterocycles. The number of aliphatic hydroxyl groups is 1. The van der Waals surface area contributed by atoms with E-state index in [1.807, 2.05) is 6.07 Å². The molecule has 0 aliphatic carbocycles. The molecule has 0 aromatic heterocycles. The van der Waals surface area contributed by atoms with Gasteiger partial charge in [-0.3, -0.25) is 10.1 Å². The summed E-state index contributed by atoms with van der Waals surface area (Å²) in [7, 11) is 0. The first kappa shape index (κ1) is 12.8. The lowest BCUT2D eigenvalue weighted by Gasteiger charge is -2.30. The van der Waals surface area contributed by atoms with Crippen LogP contribution in [0.1, 0.15) is 25.7 Å². The van der Waals surface area contributed by atoms with Crippen molar-refractivity contribution in [3.8, 4) is 0 Å². The second-order valence-corrected chi connectivity index (χ2v) is 4.66. The fraction of sp³-hybridized carbons (Fsp3) is 0.538. The van der Waals surface area contributed by atoms with Crippen molar-refractivity contribution >= 4 is 11.4 Å². The number of anilines is 1. The van der Waals surface area contributed by atoms with E-state index in [9.17, 15) is 15.2 Å². The van der Waals surface area contributed by atoms with Crippen molar-refractivity contribution in [3.05, 3.63) is 34.4 Å². The summed E-state index contributed by atoms with van der Waals surface area (Å²) in [5.41, 5.74) is 0.943. The molecule has 2 rings (SSSR count). The SMILES string of the molecule is O=[N+]([O-])c1cccc(N2CCCCCC2CO)c1. The quantitative estimate of drug-likeness (QED) is 0.660. The lowest BCUT2D eigenvalue weighted by atomic mass is 10.1. The lowest BCUT2D eigenvalue weighted by Crippen LogP contribution is -2.37. The first-order chi connectivity index (χ1) is 8.72. The Labute approximate surface area is 106 Å². The zero-order chi connectivity index (χ0) is 13.0. The number of hydrogen-bond acceptors (Lipinski definition) is 4. The minimum absolute atomic E-state index is 0.0782. The van der Waals surface area contributed by atoms with E-state index in [-0.39, 0.29) is 23.3 Å². The molecule has 1 aromatic carbocycles. The molecule has 5 nitrogen and oxygen atoms in total. The van der Waals surface area contributed by atoms with E-state index in [0.29, 0.717) is 0 Å². The molecule has 1 saturated heterocycles. The average molecular weight is 250 g/mol. The van der Waals surface area contributed by atoms with Gasteiger partial charge in [-0.25, -0.2) is 0 Å². The van der Waals surface area contributed by atoms with E-state index in [2.05, 4.69) is 4.90 Å². The molecule has 1 fully saturated rings. The zero-order valence-corrected chi connectivity index (χ0v) is 10.3. The number of aliphatic hydroxyl groups excluding tert-OH is 1. The molecule has 98 valence electrons. The van der Waals surface area contributed by atoms with Gasteiger partial charge in [0.1, 0.15) is 0 Å². The summed E-state index contributed by atoms with van der Waals surface area (Å²) in [5, 5.41) is 20.2. The second kappa shape index (κ2) is 5.82. The van der Waals surface area contributed by atoms with Crippen LogP contribution < -0.4 is 4.90 Å². The molecule has 0 spiro atoms. The molecule has 1 atom stereocenters. The van der Waals surface area contributed by atoms with Gasteiger partial charge in [-0.05, 0) is 18.9 Å². The summed E-state index contributed by atoms with van der Waals surface area (Å²) in [6.45, 7) is 0.953. The third kappa shape index (κ3) is 2.79. The Bertz CT molecular complexity index is 422. The second-order valence-electron chi connectivity index (χ2n) is 4.66. The predicted octanol–water partition coefficient (Wildman–Crippen LogP) is 2.34. The fourth-order valence-corrected chi connectivity index (χ4v) is 2.49. The van der Waals surface area contributed by atoms with E-state index in [1.165, 1.54) is 6.07 Å². The number of benzene rings is 1. The van der Waals surface area contributed by atoms with E-state index in [1.54, 1.807) is 12.1 Å². The smallest absolute Gasteiger partial charge is 0.271 e. The van der Waals surface area contributed by atoms with Crippen molar-refractivity contribution in [2.24, 2.45) is 0 Å². The number of nitro benzene ring substituents is 1. The van der Waals surface area contributed by atoms with Crippen molar-refractivity contribution in [1.82, 2.24) is 0 Å². The molecule has 1 aliphatic rings. The summed E-state index contributed by atoms with van der Waals surface area (Å²) in [6, 6.07) is 6.74. The van der Waals surface area contributed by atoms with Crippen LogP contribution >= 0.6 is 0 Å². The third-order valence-corrected chi connectivity index (χ3v) is 3.46. The summed E-state index contributed by atoms with van der Waals surface area (Å²) in [5.74, 6) is 0. The molecular formula is C13H18N2O3. The molecule has 0 amide bonds. The number of non-ortho nitro benzene ring substituents is 1. The molecule has 0 saturated carbocycles. The Morgan fingerprint density at radius 3 is 2.94 bits per heavy atom. The first-order valence-electron chi connectivity index (χ1n) is 6.34. The monoisotopic (exact) mass is 250 g/mol. The highest BCUT2D eigenvalue weighted by atomic mass is 16.6. The average Bonchev–Trinajstić information content (AvgIpc) is 2.63. The topological polar surface area (TPSA) is 66.6 Å². The minimum Gasteiger partial charge on any atom is -0.394 e. The Balaban J connectivity index is 2.26. The molecule has 0 bridgehead atoms. The van der Waals surface area contributed by atoms with E-state index < -0.39 is 0 Å². The number of rotatable bonds is 3. The van der Waals surface area contributed by atoms with Crippen molar-refractivity contribution in [2.75, 3.05) is 18.1 Å². The van der Waals surface area contributed by atoms with Crippen LogP contribution in [-0.4, -0.2) is 29.2 Å². The summed E-state index contributed by atoms with van der Waals surface area (Å²) >= 11 is 0. The third-order valence-electron chi connectivity index (χ3n) is 3.46. The van der Waals surface area contributed by atoms with Crippen LogP contribution in [0.25, 0.3) is 0 Å². The van der Waals surface area contributed by atoms with E-state index in [4.69, 9.17) is 0 Å². The molecule has 1 N–H and O–H groups in total. The van der Waals surface area contributed by atoms with Gasteiger partial charge >= 0.3 is 0 Å². The fourth-order valence-electron chi connectivity index (χ4n) is 2.49. The van der Waals surface area contributed by atoms with Crippen molar-refractivity contribution in [1.29, 1.82) is 0 Å². The molecular weight excluding hydrogens is 232 g/mol. The highest BCUT2D eigenvalue weighted by Crippen LogP contribution is 2.26. The van der Waals surface area contributed by atoms with Crippen LogP contribution in [0.15, 0.2) is 24.3 Å². The lowest BCUT2D eigenvalue weighted by molar-refractivity contribution is -0.384. The van der Waals surface area contributed by atoms with Crippen molar-refractivity contribution in [3.63, 3.8) is 0 Å². The van der Waals surface area contributed by atoms with Crippen LogP contribution in [0, 0.1) is 10.1 Å². The maximum Gasteiger partial charge on any atom is 0.271 e. The van der Waals surface area contributed by atoms with Gasteiger partial charge in [-0.15, -0.1) is 0 Å². The summed E-state index contributed by atoms with van der Waals surface area (Å²) in [6.07, 6.45) is 4.27. The molecule has 18 heavy (non-hydrogen) atoms. The Hall–Kier alpha value is -1.62. The highest BCUT2D eigenvalue weighted by Gasteiger charge is 2.21. The van der Waals surface area contributed by atoms with Crippen LogP contribution in [0.2, 0.25) is 0 Å². The van der Waals surface area contributed by atoms with Crippen molar-refractivity contribution in [2.45, 2.75) is 31.7 Å². The molecule has 1 heterocycles. The Morgan fingerprint density at radius 2 is 2.22 bits per heavy atom. The van der Waals surface area contributed by atoms with Crippen LogP contribution in [-0.2, 0) is 0 Å². The molecule has 5 heteroatoms. The van der Waals surface area contributed by atoms with E-state index in [0.717, 1.165) is 37.9 Å². The predicted molar refractivity (Wildman–Crippen MR) is 69.8 cm³/mol. The Morgan fingerprint density at radius 1 is 1.39 bits per heavy atom. The van der Waals surface area contributed by atoms with Gasteiger partial charge < -0.3 is 10.0 Å². The molecule has 0 radical (unpaired) electrons. The van der Waals surface area contributed by atoms with E-state index >= 15 is 0 Å². The standard InChI is InChI=1S/C13H18N2O3/c16-10-13-5-2-1-3-8-14(13)11-6-4-7-12(9-11)15(17)18/h4,6-7,9,13,16H,1-3,5,8,10H2. The minimum atomic E-state index is -0.380. The maximum absolute atomic E-state index is 10.8. The normalized spacial score (nSPS) is 20.5. The first-order valence-corrected chi connectivity index (χ1v) is 6.34.